The van der Waals surface area contributed by atoms with Gasteiger partial charge in [-0.05, 0) is 12.5 Å². The molecule has 1 atom stereocenters. The molecule has 0 saturated heterocycles. The topological polar surface area (TPSA) is 108 Å². The van der Waals surface area contributed by atoms with Crippen molar-refractivity contribution in [1.82, 2.24) is 10.6 Å². The maximum atomic E-state index is 11.4. The molecule has 1 rings (SSSR count). The summed E-state index contributed by atoms with van der Waals surface area (Å²) in [6.45, 7) is 0.887. The Morgan fingerprint density at radius 3 is 2.50 bits per heavy atom. The van der Waals surface area contributed by atoms with Crippen molar-refractivity contribution in [2.45, 2.75) is 19.6 Å². The van der Waals surface area contributed by atoms with Gasteiger partial charge in [-0.1, -0.05) is 30.3 Å². The molecule has 7 nitrogen and oxygen atoms in total. The number of carbonyl (C=O) groups excluding carboxylic acids is 3. The van der Waals surface area contributed by atoms with Gasteiger partial charge in [0.05, 0.1) is 12.5 Å². The molecule has 0 aliphatic rings. The summed E-state index contributed by atoms with van der Waals surface area (Å²) in [5, 5.41) is 14.5. The summed E-state index contributed by atoms with van der Waals surface area (Å²) in [7, 11) is 0. The number of alkyl carbamates (subject to hydrolysis) is 1. The lowest BCUT2D eigenvalue weighted by molar-refractivity contribution is -0.304. The van der Waals surface area contributed by atoms with Crippen LogP contribution in [0.2, 0.25) is 0 Å². The number of aliphatic carboxylic acids is 1. The van der Waals surface area contributed by atoms with Crippen LogP contribution in [0.15, 0.2) is 30.3 Å². The SMILES string of the molecule is C[C@H](NC(=O)OCc1ccccc1)C(=O)NCC(=O)[O-]. The molecule has 108 valence electrons. The zero-order chi connectivity index (χ0) is 15.0. The van der Waals surface area contributed by atoms with Crippen molar-refractivity contribution in [3.8, 4) is 0 Å². The standard InChI is InChI=1S/C13H16N2O5/c1-9(12(18)14-7-11(16)17)15-13(19)20-8-10-5-3-2-4-6-10/h2-6,9H,7-8H2,1H3,(H,14,18)(H,15,19)(H,16,17)/p-1/t9-/m0/s1. The minimum atomic E-state index is -1.41. The van der Waals surface area contributed by atoms with E-state index in [0.717, 1.165) is 5.56 Å². The van der Waals surface area contributed by atoms with E-state index < -0.39 is 30.6 Å². The molecule has 1 aromatic carbocycles. The van der Waals surface area contributed by atoms with Gasteiger partial charge in [-0.2, -0.15) is 0 Å². The first-order valence-corrected chi connectivity index (χ1v) is 5.94. The highest BCUT2D eigenvalue weighted by Crippen LogP contribution is 2.00. The highest BCUT2D eigenvalue weighted by Gasteiger charge is 2.15. The van der Waals surface area contributed by atoms with Gasteiger partial charge in [-0.25, -0.2) is 4.79 Å². The molecule has 0 aromatic heterocycles. The van der Waals surface area contributed by atoms with Gasteiger partial charge in [0.15, 0.2) is 0 Å². The van der Waals surface area contributed by atoms with Gasteiger partial charge < -0.3 is 25.3 Å². The largest absolute Gasteiger partial charge is 0.548 e. The monoisotopic (exact) mass is 279 g/mol. The summed E-state index contributed by atoms with van der Waals surface area (Å²) < 4.78 is 4.92. The first-order valence-electron chi connectivity index (χ1n) is 5.94. The third kappa shape index (κ3) is 5.85. The van der Waals surface area contributed by atoms with E-state index in [0.29, 0.717) is 0 Å². The number of nitrogens with one attached hydrogen (secondary N) is 2. The number of carboxylic acids is 1. The van der Waals surface area contributed by atoms with E-state index >= 15 is 0 Å². The molecular formula is C13H15N2O5-. The fourth-order valence-electron chi connectivity index (χ4n) is 1.32. The molecule has 2 amide bonds. The van der Waals surface area contributed by atoms with Crippen molar-refractivity contribution >= 4 is 18.0 Å². The Bertz CT molecular complexity index is 475. The summed E-state index contributed by atoms with van der Waals surface area (Å²) in [5.74, 6) is -2.04. The van der Waals surface area contributed by atoms with Crippen LogP contribution >= 0.6 is 0 Å². The molecule has 0 fully saturated rings. The average Bonchev–Trinajstić information content (AvgIpc) is 2.43. The lowest BCUT2D eigenvalue weighted by atomic mass is 10.2. The van der Waals surface area contributed by atoms with Crippen molar-refractivity contribution < 1.29 is 24.2 Å². The Kier molecular flexibility index (Phi) is 6.02. The maximum Gasteiger partial charge on any atom is 0.408 e. The van der Waals surface area contributed by atoms with Crippen LogP contribution in [0.3, 0.4) is 0 Å². The molecule has 7 heteroatoms. The third-order valence-electron chi connectivity index (χ3n) is 2.35. The minimum Gasteiger partial charge on any atom is -0.548 e. The van der Waals surface area contributed by atoms with Crippen LogP contribution in [-0.2, 0) is 20.9 Å². The van der Waals surface area contributed by atoms with Gasteiger partial charge in [-0.3, -0.25) is 4.79 Å². The second kappa shape index (κ2) is 7.78. The molecule has 0 aliphatic carbocycles. The lowest BCUT2D eigenvalue weighted by Crippen LogP contribution is -2.47. The molecule has 0 bridgehead atoms. The smallest absolute Gasteiger partial charge is 0.408 e. The third-order valence-corrected chi connectivity index (χ3v) is 2.35. The molecular weight excluding hydrogens is 264 g/mol. The van der Waals surface area contributed by atoms with Crippen molar-refractivity contribution in [2.75, 3.05) is 6.54 Å². The van der Waals surface area contributed by atoms with Crippen molar-refractivity contribution in [1.29, 1.82) is 0 Å². The number of benzene rings is 1. The first kappa shape index (κ1) is 15.5. The van der Waals surface area contributed by atoms with Crippen LogP contribution < -0.4 is 15.7 Å². The van der Waals surface area contributed by atoms with Crippen LogP contribution in [0, 0.1) is 0 Å². The van der Waals surface area contributed by atoms with E-state index in [1.54, 1.807) is 12.1 Å². The van der Waals surface area contributed by atoms with E-state index in [4.69, 9.17) is 4.74 Å². The number of ether oxygens (including phenoxy) is 1. The highest BCUT2D eigenvalue weighted by molar-refractivity contribution is 5.87. The number of rotatable bonds is 6. The Morgan fingerprint density at radius 2 is 1.90 bits per heavy atom. The van der Waals surface area contributed by atoms with Crippen LogP contribution in [0.25, 0.3) is 0 Å². The molecule has 0 aliphatic heterocycles. The number of hydrogen-bond acceptors (Lipinski definition) is 5. The predicted molar refractivity (Wildman–Crippen MR) is 67.2 cm³/mol. The van der Waals surface area contributed by atoms with Crippen LogP contribution in [-0.4, -0.2) is 30.6 Å². The Hall–Kier alpha value is -2.57. The zero-order valence-electron chi connectivity index (χ0n) is 10.9. The Morgan fingerprint density at radius 1 is 1.25 bits per heavy atom. The maximum absolute atomic E-state index is 11.4. The second-order valence-electron chi connectivity index (χ2n) is 4.02. The molecule has 0 radical (unpaired) electrons. The molecule has 0 unspecified atom stereocenters. The summed E-state index contributed by atoms with van der Waals surface area (Å²) in [4.78, 5) is 33.0. The summed E-state index contributed by atoms with van der Waals surface area (Å²) in [5.41, 5.74) is 0.816. The second-order valence-corrected chi connectivity index (χ2v) is 4.02. The number of hydrogen-bond donors (Lipinski definition) is 2. The predicted octanol–water partition coefficient (Wildman–Crippen LogP) is -0.833. The number of carboxylic acid groups (broad SMARTS) is 1. The van der Waals surface area contributed by atoms with Crippen molar-refractivity contribution in [3.63, 3.8) is 0 Å². The molecule has 0 saturated carbocycles. The summed E-state index contributed by atoms with van der Waals surface area (Å²) >= 11 is 0. The van der Waals surface area contributed by atoms with Crippen molar-refractivity contribution in [2.24, 2.45) is 0 Å². The lowest BCUT2D eigenvalue weighted by Gasteiger charge is -2.14. The zero-order valence-corrected chi connectivity index (χ0v) is 10.9. The molecule has 20 heavy (non-hydrogen) atoms. The quantitative estimate of drug-likeness (QED) is 0.706. The normalized spacial score (nSPS) is 11.2. The van der Waals surface area contributed by atoms with Crippen LogP contribution in [0.1, 0.15) is 12.5 Å². The molecule has 2 N–H and O–H groups in total. The number of carbonyl (C=O) groups is 3. The molecule has 1 aromatic rings. The van der Waals surface area contributed by atoms with E-state index in [1.165, 1.54) is 6.92 Å². The summed E-state index contributed by atoms with van der Waals surface area (Å²) in [6, 6.07) is 8.15. The first-order chi connectivity index (χ1) is 9.49. The molecule has 0 heterocycles. The fraction of sp³-hybridized carbons (Fsp3) is 0.308. The van der Waals surface area contributed by atoms with Gasteiger partial charge in [0.25, 0.3) is 0 Å². The Labute approximate surface area is 115 Å². The van der Waals surface area contributed by atoms with Gasteiger partial charge in [0.1, 0.15) is 12.6 Å². The van der Waals surface area contributed by atoms with E-state index in [-0.39, 0.29) is 6.61 Å². The van der Waals surface area contributed by atoms with Gasteiger partial charge in [-0.15, -0.1) is 0 Å². The van der Waals surface area contributed by atoms with Gasteiger partial charge in [0.2, 0.25) is 5.91 Å². The highest BCUT2D eigenvalue weighted by atomic mass is 16.5. The number of amides is 2. The van der Waals surface area contributed by atoms with Gasteiger partial charge >= 0.3 is 6.09 Å². The van der Waals surface area contributed by atoms with E-state index in [2.05, 4.69) is 10.6 Å². The summed E-state index contributed by atoms with van der Waals surface area (Å²) in [6.07, 6.45) is -0.759. The average molecular weight is 279 g/mol. The van der Waals surface area contributed by atoms with Crippen molar-refractivity contribution in [3.05, 3.63) is 35.9 Å². The molecule has 0 spiro atoms. The van der Waals surface area contributed by atoms with E-state index in [9.17, 15) is 19.5 Å². The Balaban J connectivity index is 2.30. The minimum absolute atomic E-state index is 0.0834. The van der Waals surface area contributed by atoms with Crippen LogP contribution in [0.5, 0.6) is 0 Å². The van der Waals surface area contributed by atoms with Crippen LogP contribution in [0.4, 0.5) is 4.79 Å². The fourth-order valence-corrected chi connectivity index (χ4v) is 1.32. The van der Waals surface area contributed by atoms with E-state index in [1.807, 2.05) is 18.2 Å². The van der Waals surface area contributed by atoms with Gasteiger partial charge in [0, 0.05) is 0 Å².